The third-order valence-electron chi connectivity index (χ3n) is 4.10. The van der Waals surface area contributed by atoms with Crippen molar-refractivity contribution in [3.05, 3.63) is 41.4 Å². The molecule has 0 radical (unpaired) electrons. The third kappa shape index (κ3) is 4.34. The van der Waals surface area contributed by atoms with Gasteiger partial charge in [0.1, 0.15) is 5.75 Å². The van der Waals surface area contributed by atoms with Gasteiger partial charge in [0.15, 0.2) is 0 Å². The number of nitrogens with zero attached hydrogens (tertiary/aromatic N) is 1. The van der Waals surface area contributed by atoms with Gasteiger partial charge in [0.05, 0.1) is 23.4 Å². The van der Waals surface area contributed by atoms with Crippen LogP contribution in [-0.2, 0) is 14.8 Å². The van der Waals surface area contributed by atoms with Gasteiger partial charge in [0, 0.05) is 23.4 Å². The average molecular weight is 427 g/mol. The molecule has 144 valence electrons. The number of carbonyl (C=O) groups is 1. The lowest BCUT2D eigenvalue weighted by Crippen LogP contribution is -2.29. The highest BCUT2D eigenvalue weighted by Gasteiger charge is 2.23. The highest BCUT2D eigenvalue weighted by atomic mass is 35.5. The second-order valence-corrected chi connectivity index (χ2v) is 9.21. The molecular formula is C18H19ClN2O4S2. The minimum Gasteiger partial charge on any atom is -0.495 e. The van der Waals surface area contributed by atoms with Crippen LogP contribution in [-0.4, -0.2) is 33.7 Å². The Hall–Kier alpha value is -1.90. The first-order valence-electron chi connectivity index (χ1n) is 8.23. The highest BCUT2D eigenvalue weighted by molar-refractivity contribution is 7.99. The summed E-state index contributed by atoms with van der Waals surface area (Å²) in [6.07, 6.45) is 0.846. The van der Waals surface area contributed by atoms with E-state index in [4.69, 9.17) is 16.3 Å². The van der Waals surface area contributed by atoms with Crippen molar-refractivity contribution in [2.24, 2.45) is 0 Å². The van der Waals surface area contributed by atoms with Crippen LogP contribution in [0.4, 0.5) is 11.4 Å². The molecular weight excluding hydrogens is 408 g/mol. The summed E-state index contributed by atoms with van der Waals surface area (Å²) < 4.78 is 33.5. The van der Waals surface area contributed by atoms with Crippen molar-refractivity contribution in [1.82, 2.24) is 0 Å². The first-order valence-corrected chi connectivity index (χ1v) is 11.1. The summed E-state index contributed by atoms with van der Waals surface area (Å²) in [5, 5.41) is 0.384. The van der Waals surface area contributed by atoms with E-state index in [2.05, 4.69) is 4.72 Å². The standard InChI is InChI=1S/C18H19ClN2O4S2/c1-12(22)21-8-3-9-26-18-7-5-14(11-16(18)21)27(23,24)20-15-10-13(19)4-6-17(15)25-2/h4-7,10-11,20H,3,8-9H2,1-2H3. The van der Waals surface area contributed by atoms with Crippen LogP contribution in [0.25, 0.3) is 0 Å². The van der Waals surface area contributed by atoms with E-state index in [0.29, 0.717) is 23.0 Å². The van der Waals surface area contributed by atoms with Gasteiger partial charge < -0.3 is 9.64 Å². The lowest BCUT2D eigenvalue weighted by atomic mass is 10.2. The van der Waals surface area contributed by atoms with Crippen molar-refractivity contribution >= 4 is 50.7 Å². The summed E-state index contributed by atoms with van der Waals surface area (Å²) in [4.78, 5) is 14.6. The SMILES string of the molecule is COc1ccc(Cl)cc1NS(=O)(=O)c1ccc2c(c1)N(C(C)=O)CCCS2. The van der Waals surface area contributed by atoms with Crippen molar-refractivity contribution in [1.29, 1.82) is 0 Å². The molecule has 1 heterocycles. The van der Waals surface area contributed by atoms with E-state index in [1.165, 1.54) is 32.2 Å². The predicted molar refractivity (Wildman–Crippen MR) is 109 cm³/mol. The number of fused-ring (bicyclic) bond motifs is 1. The number of methoxy groups -OCH3 is 1. The lowest BCUT2D eigenvalue weighted by molar-refractivity contribution is -0.116. The fourth-order valence-corrected chi connectivity index (χ4v) is 5.04. The van der Waals surface area contributed by atoms with E-state index in [1.807, 2.05) is 0 Å². The van der Waals surface area contributed by atoms with Crippen molar-refractivity contribution in [3.63, 3.8) is 0 Å². The van der Waals surface area contributed by atoms with Crippen LogP contribution in [0.1, 0.15) is 13.3 Å². The topological polar surface area (TPSA) is 75.7 Å². The van der Waals surface area contributed by atoms with Gasteiger partial charge in [-0.2, -0.15) is 0 Å². The van der Waals surface area contributed by atoms with E-state index in [1.54, 1.807) is 34.9 Å². The van der Waals surface area contributed by atoms with Crippen LogP contribution < -0.4 is 14.4 Å². The first kappa shape index (κ1) is 19.9. The molecule has 0 atom stereocenters. The highest BCUT2D eigenvalue weighted by Crippen LogP contribution is 2.36. The first-order chi connectivity index (χ1) is 12.8. The van der Waals surface area contributed by atoms with E-state index in [-0.39, 0.29) is 16.5 Å². The summed E-state index contributed by atoms with van der Waals surface area (Å²) in [6.45, 7) is 2.05. The Labute approximate surface area is 167 Å². The molecule has 1 aliphatic heterocycles. The number of nitrogens with one attached hydrogen (secondary N) is 1. The molecule has 27 heavy (non-hydrogen) atoms. The maximum atomic E-state index is 12.9. The molecule has 0 aliphatic carbocycles. The van der Waals surface area contributed by atoms with Crippen molar-refractivity contribution < 1.29 is 17.9 Å². The Morgan fingerprint density at radius 3 is 2.74 bits per heavy atom. The molecule has 2 aromatic carbocycles. The predicted octanol–water partition coefficient (Wildman–Crippen LogP) is 4.00. The molecule has 0 bridgehead atoms. The van der Waals surface area contributed by atoms with Crippen molar-refractivity contribution in [2.75, 3.05) is 29.0 Å². The van der Waals surface area contributed by atoms with Gasteiger partial charge in [-0.15, -0.1) is 11.8 Å². The fraction of sp³-hybridized carbons (Fsp3) is 0.278. The fourth-order valence-electron chi connectivity index (χ4n) is 2.81. The third-order valence-corrected chi connectivity index (χ3v) is 6.85. The minimum atomic E-state index is -3.89. The molecule has 3 rings (SSSR count). The average Bonchev–Trinajstić information content (AvgIpc) is 2.83. The zero-order valence-corrected chi connectivity index (χ0v) is 17.2. The summed E-state index contributed by atoms with van der Waals surface area (Å²) in [6, 6.07) is 9.50. The molecule has 0 saturated carbocycles. The number of hydrogen-bond donors (Lipinski definition) is 1. The Morgan fingerprint density at radius 1 is 1.26 bits per heavy atom. The monoisotopic (exact) mass is 426 g/mol. The number of thioether (sulfide) groups is 1. The summed E-state index contributed by atoms with van der Waals surface area (Å²) in [5.74, 6) is 1.12. The Morgan fingerprint density at radius 2 is 2.04 bits per heavy atom. The summed E-state index contributed by atoms with van der Waals surface area (Å²) in [5.41, 5.74) is 0.865. The van der Waals surface area contributed by atoms with E-state index < -0.39 is 10.0 Å². The molecule has 1 amide bonds. The van der Waals surface area contributed by atoms with E-state index in [0.717, 1.165) is 17.1 Å². The second kappa shape index (κ2) is 8.00. The summed E-state index contributed by atoms with van der Waals surface area (Å²) >= 11 is 7.59. The van der Waals surface area contributed by atoms with Gasteiger partial charge in [0.25, 0.3) is 10.0 Å². The smallest absolute Gasteiger partial charge is 0.262 e. The number of ether oxygens (including phenoxy) is 1. The molecule has 0 unspecified atom stereocenters. The van der Waals surface area contributed by atoms with Gasteiger partial charge in [-0.3, -0.25) is 9.52 Å². The zero-order chi connectivity index (χ0) is 19.6. The van der Waals surface area contributed by atoms with Crippen molar-refractivity contribution in [3.8, 4) is 5.75 Å². The molecule has 2 aromatic rings. The maximum absolute atomic E-state index is 12.9. The van der Waals surface area contributed by atoms with Crippen LogP contribution in [0.5, 0.6) is 5.75 Å². The van der Waals surface area contributed by atoms with E-state index in [9.17, 15) is 13.2 Å². The number of anilines is 2. The number of sulfonamides is 1. The van der Waals surface area contributed by atoms with Crippen LogP contribution in [0, 0.1) is 0 Å². The number of rotatable bonds is 4. The number of amides is 1. The lowest BCUT2D eigenvalue weighted by Gasteiger charge is -2.21. The zero-order valence-electron chi connectivity index (χ0n) is 14.9. The van der Waals surface area contributed by atoms with Crippen LogP contribution in [0.15, 0.2) is 46.2 Å². The molecule has 1 aliphatic rings. The van der Waals surface area contributed by atoms with Crippen LogP contribution in [0.3, 0.4) is 0 Å². The van der Waals surface area contributed by atoms with Gasteiger partial charge in [-0.1, -0.05) is 11.6 Å². The Bertz CT molecular complexity index is 979. The van der Waals surface area contributed by atoms with Crippen molar-refractivity contribution in [2.45, 2.75) is 23.1 Å². The Balaban J connectivity index is 2.01. The Kier molecular flexibility index (Phi) is 5.88. The number of halogens is 1. The summed E-state index contributed by atoms with van der Waals surface area (Å²) in [7, 11) is -2.44. The number of hydrogen-bond acceptors (Lipinski definition) is 5. The molecule has 1 N–H and O–H groups in total. The second-order valence-electron chi connectivity index (χ2n) is 5.95. The van der Waals surface area contributed by atoms with Crippen LogP contribution >= 0.6 is 23.4 Å². The molecule has 6 nitrogen and oxygen atoms in total. The van der Waals surface area contributed by atoms with E-state index >= 15 is 0 Å². The minimum absolute atomic E-state index is 0.0667. The number of benzene rings is 2. The van der Waals surface area contributed by atoms with Gasteiger partial charge in [-0.05, 0) is 48.6 Å². The molecule has 0 aromatic heterocycles. The van der Waals surface area contributed by atoms with Gasteiger partial charge in [-0.25, -0.2) is 8.42 Å². The molecule has 0 fully saturated rings. The molecule has 0 saturated heterocycles. The van der Waals surface area contributed by atoms with Gasteiger partial charge in [0.2, 0.25) is 5.91 Å². The molecule has 0 spiro atoms. The molecule has 9 heteroatoms. The quantitative estimate of drug-likeness (QED) is 0.799. The largest absolute Gasteiger partial charge is 0.495 e. The van der Waals surface area contributed by atoms with Crippen LogP contribution in [0.2, 0.25) is 5.02 Å². The normalized spacial score (nSPS) is 14.3. The number of carbonyl (C=O) groups excluding carboxylic acids is 1. The van der Waals surface area contributed by atoms with Gasteiger partial charge >= 0.3 is 0 Å². The maximum Gasteiger partial charge on any atom is 0.262 e.